The molecule has 0 aromatic carbocycles. The van der Waals surface area contributed by atoms with Gasteiger partial charge in [0.05, 0.1) is 6.07 Å². The van der Waals surface area contributed by atoms with Crippen LogP contribution >= 0.6 is 15.6 Å². The molecule has 0 heterocycles. The minimum absolute atomic E-state index is 0. The summed E-state index contributed by atoms with van der Waals surface area (Å²) in [6.07, 6.45) is 0. The second-order valence-corrected chi connectivity index (χ2v) is 3.30. The van der Waals surface area contributed by atoms with E-state index in [1.54, 1.807) is 6.07 Å². The van der Waals surface area contributed by atoms with Crippen molar-refractivity contribution in [1.29, 1.82) is 5.26 Å². The van der Waals surface area contributed by atoms with Gasteiger partial charge in [-0.05, 0) is 0 Å². The van der Waals surface area contributed by atoms with Crippen molar-refractivity contribution in [3.05, 3.63) is 0 Å². The van der Waals surface area contributed by atoms with Crippen LogP contribution in [0.3, 0.4) is 0 Å². The van der Waals surface area contributed by atoms with Crippen molar-refractivity contribution < 1.29 is 91.3 Å². The fraction of sp³-hybridized carbons (Fsp3) is 0.500. The molecule has 12 heteroatoms. The van der Waals surface area contributed by atoms with Crippen LogP contribution in [0.5, 0.6) is 0 Å². The zero-order valence-corrected chi connectivity index (χ0v) is 12.3. The predicted molar refractivity (Wildman–Crippen MR) is 40.9 cm³/mol. The molecule has 0 bridgehead atoms. The van der Waals surface area contributed by atoms with E-state index in [0.717, 1.165) is 0 Å². The number of hydrogen-bond acceptors (Lipinski definition) is 3. The maximum Gasteiger partial charge on any atom is 1.00 e. The minimum atomic E-state index is -4.64. The molecule has 0 saturated heterocycles. The van der Waals surface area contributed by atoms with Crippen LogP contribution < -0.4 is 51.4 Å². The average Bonchev–Trinajstić information content (AvgIpc) is 1.52. The molecule has 9 nitrogen and oxygen atoms in total. The maximum atomic E-state index is 8.88. The Morgan fingerprint density at radius 2 is 1.00 bits per heavy atom. The van der Waals surface area contributed by atoms with E-state index in [2.05, 4.69) is 0 Å². The second-order valence-electron chi connectivity index (χ2n) is 1.25. The molecule has 0 unspecified atom stereocenters. The van der Waals surface area contributed by atoms with Crippen molar-refractivity contribution in [2.45, 2.75) is 6.92 Å². The van der Waals surface area contributed by atoms with Crippen LogP contribution in [0.1, 0.15) is 8.35 Å². The van der Waals surface area contributed by atoms with Crippen LogP contribution in [-0.2, 0) is 9.13 Å². The first-order chi connectivity index (χ1) is 5.41. The molecule has 0 aliphatic heterocycles. The van der Waals surface area contributed by atoms with Gasteiger partial charge in [-0.1, -0.05) is 0 Å². The SMILES string of the molecule is CC#N.O=P(O)(O)O.O=P(O)(O)O.[H-].[K+]. The van der Waals surface area contributed by atoms with Crippen molar-refractivity contribution in [2.24, 2.45) is 0 Å². The summed E-state index contributed by atoms with van der Waals surface area (Å²) in [4.78, 5) is 43.1. The van der Waals surface area contributed by atoms with E-state index in [0.29, 0.717) is 0 Å². The first kappa shape index (κ1) is 24.5. The van der Waals surface area contributed by atoms with Crippen molar-refractivity contribution in [1.82, 2.24) is 0 Å². The molecule has 0 amide bonds. The standard InChI is InChI=1S/C2H3N.K.2H3O4P.H/c1-2-3;;2*1-5(2,3)4;/h1H3;;2*(H3,1,2,3,4);/q;+1;;;-1. The van der Waals surface area contributed by atoms with E-state index in [1.807, 2.05) is 0 Å². The summed E-state index contributed by atoms with van der Waals surface area (Å²) in [6.45, 7) is 1.43. The van der Waals surface area contributed by atoms with Gasteiger partial charge in [0, 0.05) is 6.92 Å². The summed E-state index contributed by atoms with van der Waals surface area (Å²) >= 11 is 0. The summed E-state index contributed by atoms with van der Waals surface area (Å²) in [5.74, 6) is 0. The Labute approximate surface area is 124 Å². The summed E-state index contributed by atoms with van der Waals surface area (Å²) in [6, 6.07) is 1.75. The third kappa shape index (κ3) is 1120. The van der Waals surface area contributed by atoms with Gasteiger partial charge in [0.1, 0.15) is 0 Å². The molecule has 0 atom stereocenters. The molecular formula is C2H10KNO8P2. The molecule has 0 aromatic rings. The largest absolute Gasteiger partial charge is 1.00 e. The zero-order valence-electron chi connectivity index (χ0n) is 8.34. The molecule has 0 spiro atoms. The molecule has 14 heavy (non-hydrogen) atoms. The van der Waals surface area contributed by atoms with Gasteiger partial charge >= 0.3 is 67.0 Å². The van der Waals surface area contributed by atoms with Crippen molar-refractivity contribution >= 4 is 15.6 Å². The van der Waals surface area contributed by atoms with Crippen molar-refractivity contribution in [2.75, 3.05) is 0 Å². The Kier molecular flexibility index (Phi) is 21.8. The van der Waals surface area contributed by atoms with Gasteiger partial charge in [0.2, 0.25) is 0 Å². The number of hydrogen-bond donors (Lipinski definition) is 6. The van der Waals surface area contributed by atoms with E-state index >= 15 is 0 Å². The Bertz CT molecular complexity index is 205. The van der Waals surface area contributed by atoms with Crippen LogP contribution in [-0.4, -0.2) is 29.4 Å². The summed E-state index contributed by atoms with van der Waals surface area (Å²) in [5.41, 5.74) is 0. The van der Waals surface area contributed by atoms with Crippen LogP contribution in [0.15, 0.2) is 0 Å². The van der Waals surface area contributed by atoms with Crippen molar-refractivity contribution in [3.63, 3.8) is 0 Å². The Balaban J connectivity index is -0.0000000322. The van der Waals surface area contributed by atoms with E-state index in [1.165, 1.54) is 6.92 Å². The minimum Gasteiger partial charge on any atom is -1.00 e. The zero-order chi connectivity index (χ0) is 11.7. The molecule has 82 valence electrons. The van der Waals surface area contributed by atoms with Crippen LogP contribution in [0, 0.1) is 11.3 Å². The molecule has 0 radical (unpaired) electrons. The Hall–Kier alpha value is 1.35. The van der Waals surface area contributed by atoms with Gasteiger partial charge in [-0.2, -0.15) is 5.26 Å². The fourth-order valence-corrected chi connectivity index (χ4v) is 0. The topological polar surface area (TPSA) is 179 Å². The van der Waals surface area contributed by atoms with E-state index in [9.17, 15) is 0 Å². The van der Waals surface area contributed by atoms with E-state index < -0.39 is 15.6 Å². The number of nitrogens with zero attached hydrogens (tertiary/aromatic N) is 1. The average molecular weight is 277 g/mol. The molecule has 0 rings (SSSR count). The van der Waals surface area contributed by atoms with Crippen molar-refractivity contribution in [3.8, 4) is 6.07 Å². The number of nitriles is 1. The first-order valence-corrected chi connectivity index (χ1v) is 5.42. The fourth-order valence-electron chi connectivity index (χ4n) is 0. The third-order valence-corrected chi connectivity index (χ3v) is 0. The Morgan fingerprint density at radius 3 is 1.00 bits per heavy atom. The monoisotopic (exact) mass is 277 g/mol. The molecule has 0 saturated carbocycles. The van der Waals surface area contributed by atoms with Crippen LogP contribution in [0.25, 0.3) is 0 Å². The van der Waals surface area contributed by atoms with Gasteiger partial charge in [0.25, 0.3) is 0 Å². The van der Waals surface area contributed by atoms with E-state index in [4.69, 9.17) is 43.8 Å². The van der Waals surface area contributed by atoms with Gasteiger partial charge in [-0.25, -0.2) is 9.13 Å². The van der Waals surface area contributed by atoms with Gasteiger partial charge < -0.3 is 30.8 Å². The molecule has 0 fully saturated rings. The molecule has 0 aliphatic carbocycles. The first-order valence-electron chi connectivity index (χ1n) is 2.29. The predicted octanol–water partition coefficient (Wildman–Crippen LogP) is -4.21. The third-order valence-electron chi connectivity index (χ3n) is 0. The summed E-state index contributed by atoms with van der Waals surface area (Å²) < 4.78 is 17.8. The summed E-state index contributed by atoms with van der Waals surface area (Å²) in [7, 11) is -9.28. The van der Waals surface area contributed by atoms with Crippen LogP contribution in [0.4, 0.5) is 0 Å². The Morgan fingerprint density at radius 1 is 1.00 bits per heavy atom. The normalized spacial score (nSPS) is 9.00. The number of rotatable bonds is 0. The number of phosphoric acid groups is 2. The quantitative estimate of drug-likeness (QED) is 0.189. The van der Waals surface area contributed by atoms with Gasteiger partial charge in [0.15, 0.2) is 0 Å². The molecular weight excluding hydrogens is 267 g/mol. The summed E-state index contributed by atoms with van der Waals surface area (Å²) in [5, 5.41) is 7.32. The second kappa shape index (κ2) is 12.4. The van der Waals surface area contributed by atoms with E-state index in [-0.39, 0.29) is 52.8 Å². The molecule has 6 N–H and O–H groups in total. The van der Waals surface area contributed by atoms with Crippen LogP contribution in [0.2, 0.25) is 0 Å². The van der Waals surface area contributed by atoms with Gasteiger partial charge in [-0.15, -0.1) is 0 Å². The maximum absolute atomic E-state index is 8.88. The molecule has 0 aliphatic rings. The van der Waals surface area contributed by atoms with Gasteiger partial charge in [-0.3, -0.25) is 0 Å². The molecule has 0 aromatic heterocycles. The smallest absolute Gasteiger partial charge is 1.00 e.